The third kappa shape index (κ3) is 3.39. The molecule has 154 valence electrons. The lowest BCUT2D eigenvalue weighted by molar-refractivity contribution is 0.348. The summed E-state index contributed by atoms with van der Waals surface area (Å²) in [5, 5.41) is 1.20. The Morgan fingerprint density at radius 1 is 1.31 bits per heavy atom. The van der Waals surface area contributed by atoms with E-state index in [4.69, 9.17) is 5.73 Å². The minimum absolute atomic E-state index is 0.521. The Kier molecular flexibility index (Phi) is 5.14. The molecule has 1 unspecified atom stereocenters. The maximum atomic E-state index is 5.95. The van der Waals surface area contributed by atoms with Crippen molar-refractivity contribution in [1.29, 1.82) is 0 Å². The van der Waals surface area contributed by atoms with E-state index in [0.717, 1.165) is 42.7 Å². The molecule has 2 atom stereocenters. The summed E-state index contributed by atoms with van der Waals surface area (Å²) < 4.78 is 1.05. The van der Waals surface area contributed by atoms with Crippen LogP contribution in [0, 0.1) is 5.92 Å². The summed E-state index contributed by atoms with van der Waals surface area (Å²) in [6, 6.07) is 0.521. The second-order valence-corrected chi connectivity index (χ2v) is 9.37. The van der Waals surface area contributed by atoms with Crippen molar-refractivity contribution in [2.75, 3.05) is 49.6 Å². The molecule has 6 nitrogen and oxygen atoms in total. The fourth-order valence-electron chi connectivity index (χ4n) is 5.08. The minimum atomic E-state index is 0.521. The molecule has 3 aliphatic heterocycles. The summed E-state index contributed by atoms with van der Waals surface area (Å²) in [5.41, 5.74) is 10.7. The predicted molar refractivity (Wildman–Crippen MR) is 123 cm³/mol. The van der Waals surface area contributed by atoms with E-state index in [0.29, 0.717) is 12.0 Å². The van der Waals surface area contributed by atoms with Gasteiger partial charge in [-0.3, -0.25) is 4.90 Å². The second kappa shape index (κ2) is 7.78. The van der Waals surface area contributed by atoms with Crippen LogP contribution in [-0.2, 0) is 0 Å². The monoisotopic (exact) mass is 456 g/mol. The van der Waals surface area contributed by atoms with E-state index in [1.165, 1.54) is 41.7 Å². The number of pyridine rings is 1. The van der Waals surface area contributed by atoms with Crippen LogP contribution >= 0.6 is 15.9 Å². The quantitative estimate of drug-likeness (QED) is 0.737. The highest BCUT2D eigenvalue weighted by Gasteiger charge is 2.29. The standard InChI is InChI=1S/C22H29BrN6/c1-27-7-3-5-18(27)16-4-2-8-28(14-16)19-12-26-22-20(19)21(17(23)11-25-22)29-9-6-15(10-24)13-29/h2,4,11-12,14-15,18H,3,5-10,13,24H2,1H3,(H,25,26)/t15?,18-/m0/s1. The van der Waals surface area contributed by atoms with Crippen LogP contribution in [0.15, 0.2) is 40.8 Å². The molecule has 2 aromatic heterocycles. The zero-order valence-corrected chi connectivity index (χ0v) is 18.5. The van der Waals surface area contributed by atoms with E-state index in [1.54, 1.807) is 0 Å². The summed E-state index contributed by atoms with van der Waals surface area (Å²) in [5.74, 6) is 0.565. The first kappa shape index (κ1) is 19.2. The third-order valence-corrected chi connectivity index (χ3v) is 7.26. The van der Waals surface area contributed by atoms with Crippen LogP contribution in [0.2, 0.25) is 0 Å². The normalized spacial score (nSPS) is 25.4. The van der Waals surface area contributed by atoms with Gasteiger partial charge in [0, 0.05) is 44.3 Å². The Balaban J connectivity index is 1.55. The number of fused-ring (bicyclic) bond motifs is 1. The van der Waals surface area contributed by atoms with Crippen LogP contribution in [0.1, 0.15) is 19.3 Å². The number of hydrogen-bond donors (Lipinski definition) is 2. The third-order valence-electron chi connectivity index (χ3n) is 6.68. The Labute approximate surface area is 180 Å². The van der Waals surface area contributed by atoms with Gasteiger partial charge in [0.15, 0.2) is 0 Å². The van der Waals surface area contributed by atoms with Crippen molar-refractivity contribution in [2.24, 2.45) is 11.7 Å². The lowest BCUT2D eigenvalue weighted by atomic mass is 10.0. The first-order valence-electron chi connectivity index (χ1n) is 10.6. The van der Waals surface area contributed by atoms with E-state index in [1.807, 2.05) is 6.20 Å². The molecule has 7 heteroatoms. The number of nitrogens with two attached hydrogens (primary N) is 1. The van der Waals surface area contributed by atoms with Crippen molar-refractivity contribution >= 4 is 38.3 Å². The minimum Gasteiger partial charge on any atom is -0.370 e. The van der Waals surface area contributed by atoms with Crippen LogP contribution in [0.3, 0.4) is 0 Å². The molecule has 29 heavy (non-hydrogen) atoms. The van der Waals surface area contributed by atoms with Crippen molar-refractivity contribution < 1.29 is 0 Å². The molecule has 0 spiro atoms. The topological polar surface area (TPSA) is 64.4 Å². The Morgan fingerprint density at radius 3 is 2.97 bits per heavy atom. The smallest absolute Gasteiger partial charge is 0.141 e. The van der Waals surface area contributed by atoms with Crippen molar-refractivity contribution in [2.45, 2.75) is 25.3 Å². The highest BCUT2D eigenvalue weighted by atomic mass is 79.9. The SMILES string of the molecule is CN1CCC[C@H]1C1=CN(c2c[nH]c3ncc(Br)c(N4CCC(CN)C4)c23)CC=C1. The molecule has 2 aromatic rings. The number of H-pyrrole nitrogens is 1. The van der Waals surface area contributed by atoms with E-state index in [-0.39, 0.29) is 0 Å². The van der Waals surface area contributed by atoms with Crippen molar-refractivity contribution in [3.63, 3.8) is 0 Å². The van der Waals surface area contributed by atoms with Gasteiger partial charge in [-0.25, -0.2) is 4.98 Å². The van der Waals surface area contributed by atoms with Crippen LogP contribution in [0.5, 0.6) is 0 Å². The highest BCUT2D eigenvalue weighted by Crippen LogP contribution is 2.41. The number of rotatable bonds is 4. The first-order chi connectivity index (χ1) is 14.2. The van der Waals surface area contributed by atoms with Gasteiger partial charge in [-0.15, -0.1) is 0 Å². The maximum Gasteiger partial charge on any atom is 0.141 e. The molecular formula is C22H29BrN6. The number of nitrogens with one attached hydrogen (secondary N) is 1. The molecule has 5 rings (SSSR count). The van der Waals surface area contributed by atoms with Crippen LogP contribution < -0.4 is 15.5 Å². The molecule has 3 aliphatic rings. The second-order valence-electron chi connectivity index (χ2n) is 8.51. The number of aromatic nitrogens is 2. The van der Waals surface area contributed by atoms with Gasteiger partial charge in [0.25, 0.3) is 0 Å². The van der Waals surface area contributed by atoms with Crippen LogP contribution in [0.4, 0.5) is 11.4 Å². The van der Waals surface area contributed by atoms with Gasteiger partial charge in [-0.1, -0.05) is 12.2 Å². The fourth-order valence-corrected chi connectivity index (χ4v) is 5.63. The average Bonchev–Trinajstić information content (AvgIpc) is 3.47. The number of anilines is 2. The molecule has 0 saturated carbocycles. The molecule has 2 saturated heterocycles. The van der Waals surface area contributed by atoms with Gasteiger partial charge in [0.05, 0.1) is 21.2 Å². The molecule has 2 fully saturated rings. The van der Waals surface area contributed by atoms with Crippen molar-refractivity contribution in [3.05, 3.63) is 40.8 Å². The summed E-state index contributed by atoms with van der Waals surface area (Å²) in [7, 11) is 2.23. The van der Waals surface area contributed by atoms with E-state index >= 15 is 0 Å². The molecule has 0 radical (unpaired) electrons. The molecule has 0 amide bonds. The number of halogens is 1. The van der Waals surface area contributed by atoms with E-state index < -0.39 is 0 Å². The van der Waals surface area contributed by atoms with Gasteiger partial charge in [0.1, 0.15) is 5.65 Å². The summed E-state index contributed by atoms with van der Waals surface area (Å²) in [6.45, 7) is 4.86. The summed E-state index contributed by atoms with van der Waals surface area (Å²) in [4.78, 5) is 15.4. The van der Waals surface area contributed by atoms with Crippen LogP contribution in [0.25, 0.3) is 11.0 Å². The number of hydrogen-bond acceptors (Lipinski definition) is 5. The lowest BCUT2D eigenvalue weighted by Crippen LogP contribution is -2.30. The largest absolute Gasteiger partial charge is 0.370 e. The Morgan fingerprint density at radius 2 is 2.21 bits per heavy atom. The van der Waals surface area contributed by atoms with Gasteiger partial charge in [-0.2, -0.15) is 0 Å². The zero-order valence-electron chi connectivity index (χ0n) is 16.9. The number of likely N-dealkylation sites (tertiary alicyclic amines) is 1. The number of aromatic amines is 1. The highest BCUT2D eigenvalue weighted by molar-refractivity contribution is 9.10. The van der Waals surface area contributed by atoms with Gasteiger partial charge in [0.2, 0.25) is 0 Å². The Bertz CT molecular complexity index is 964. The lowest BCUT2D eigenvalue weighted by Gasteiger charge is -2.29. The zero-order chi connectivity index (χ0) is 20.0. The maximum absolute atomic E-state index is 5.95. The van der Waals surface area contributed by atoms with E-state index in [2.05, 4.69) is 72.2 Å². The molecular weight excluding hydrogens is 428 g/mol. The molecule has 3 N–H and O–H groups in total. The number of likely N-dealkylation sites (N-methyl/N-ethyl adjacent to an activating group) is 1. The molecule has 0 bridgehead atoms. The van der Waals surface area contributed by atoms with Gasteiger partial charge in [-0.05, 0) is 66.8 Å². The Hall–Kier alpha value is -1.83. The summed E-state index contributed by atoms with van der Waals surface area (Å²) in [6.07, 6.45) is 14.6. The van der Waals surface area contributed by atoms with Gasteiger partial charge < -0.3 is 20.5 Å². The predicted octanol–water partition coefficient (Wildman–Crippen LogP) is 3.46. The molecule has 5 heterocycles. The average molecular weight is 457 g/mol. The van der Waals surface area contributed by atoms with Crippen molar-refractivity contribution in [3.8, 4) is 0 Å². The van der Waals surface area contributed by atoms with E-state index in [9.17, 15) is 0 Å². The molecule has 0 aliphatic carbocycles. The van der Waals surface area contributed by atoms with Crippen LogP contribution in [-0.4, -0.2) is 60.7 Å². The first-order valence-corrected chi connectivity index (χ1v) is 11.4. The fraction of sp³-hybridized carbons (Fsp3) is 0.500. The molecule has 0 aromatic carbocycles. The number of nitrogens with zero attached hydrogens (tertiary/aromatic N) is 4. The van der Waals surface area contributed by atoms with Gasteiger partial charge >= 0.3 is 0 Å². The van der Waals surface area contributed by atoms with Crippen molar-refractivity contribution in [1.82, 2.24) is 14.9 Å². The summed E-state index contributed by atoms with van der Waals surface area (Å²) >= 11 is 3.78.